The third-order valence-corrected chi connectivity index (χ3v) is 9.13. The van der Waals surface area contributed by atoms with Gasteiger partial charge in [-0.3, -0.25) is 0 Å². The topological polar surface area (TPSA) is 13.1 Å². The van der Waals surface area contributed by atoms with Crippen molar-refractivity contribution in [2.24, 2.45) is 0 Å². The zero-order chi connectivity index (χ0) is 29.0. The Kier molecular flexibility index (Phi) is 5.64. The molecular weight excluding hydrogens is 532 g/mol. The van der Waals surface area contributed by atoms with Crippen molar-refractivity contribution in [1.82, 2.24) is 0 Å². The van der Waals surface area contributed by atoms with Gasteiger partial charge in [-0.25, -0.2) is 0 Å². The van der Waals surface area contributed by atoms with Gasteiger partial charge in [-0.15, -0.1) is 0 Å². The summed E-state index contributed by atoms with van der Waals surface area (Å²) >= 11 is 0. The number of furan rings is 1. The van der Waals surface area contributed by atoms with E-state index in [0.717, 1.165) is 23.0 Å². The van der Waals surface area contributed by atoms with Crippen molar-refractivity contribution in [3.05, 3.63) is 169 Å². The maximum atomic E-state index is 6.65. The molecular formula is C43H28O. The quantitative estimate of drug-likeness (QED) is 0.209. The first-order valence-corrected chi connectivity index (χ1v) is 15.2. The van der Waals surface area contributed by atoms with E-state index in [1.807, 2.05) is 0 Å². The van der Waals surface area contributed by atoms with Crippen molar-refractivity contribution in [2.45, 2.75) is 6.42 Å². The third-order valence-electron chi connectivity index (χ3n) is 9.13. The van der Waals surface area contributed by atoms with Crippen LogP contribution in [-0.2, 0) is 6.42 Å². The number of hydrogen-bond acceptors (Lipinski definition) is 1. The second kappa shape index (κ2) is 9.97. The van der Waals surface area contributed by atoms with E-state index in [-0.39, 0.29) is 0 Å². The lowest BCUT2D eigenvalue weighted by molar-refractivity contribution is 0.669. The van der Waals surface area contributed by atoms with Crippen LogP contribution in [0, 0.1) is 0 Å². The van der Waals surface area contributed by atoms with Crippen LogP contribution in [0.15, 0.2) is 162 Å². The van der Waals surface area contributed by atoms with E-state index < -0.39 is 0 Å². The molecule has 44 heavy (non-hydrogen) atoms. The van der Waals surface area contributed by atoms with Crippen LogP contribution < -0.4 is 0 Å². The first-order valence-electron chi connectivity index (χ1n) is 15.2. The van der Waals surface area contributed by atoms with Crippen LogP contribution >= 0.6 is 0 Å². The Bertz CT molecular complexity index is 2310. The fourth-order valence-electron chi connectivity index (χ4n) is 6.97. The SMILES string of the molecule is c1ccc(-c2ccc(-c3c4c(cc5oc6ccc(-c7ccccc7)cc6c35)-c3cc(-c5ccccc5)ccc3C4)cc2)cc1. The number of hydrogen-bond donors (Lipinski definition) is 0. The highest BCUT2D eigenvalue weighted by Crippen LogP contribution is 2.49. The van der Waals surface area contributed by atoms with Gasteiger partial charge in [0.1, 0.15) is 11.2 Å². The van der Waals surface area contributed by atoms with Crippen molar-refractivity contribution in [3.63, 3.8) is 0 Å². The van der Waals surface area contributed by atoms with Gasteiger partial charge in [0.15, 0.2) is 0 Å². The van der Waals surface area contributed by atoms with E-state index in [1.54, 1.807) is 0 Å². The lowest BCUT2D eigenvalue weighted by atomic mass is 9.89. The summed E-state index contributed by atoms with van der Waals surface area (Å²) in [6.45, 7) is 0. The predicted octanol–water partition coefficient (Wildman–Crippen LogP) is 11.8. The van der Waals surface area contributed by atoms with E-state index in [1.165, 1.54) is 72.1 Å². The Hall–Kier alpha value is -5.66. The molecule has 1 aliphatic rings. The minimum atomic E-state index is 0.899. The van der Waals surface area contributed by atoms with Gasteiger partial charge in [-0.05, 0) is 97.4 Å². The normalized spacial score (nSPS) is 12.0. The van der Waals surface area contributed by atoms with Gasteiger partial charge in [-0.2, -0.15) is 0 Å². The van der Waals surface area contributed by atoms with Gasteiger partial charge in [0.05, 0.1) is 0 Å². The van der Waals surface area contributed by atoms with Crippen LogP contribution in [0.3, 0.4) is 0 Å². The lowest BCUT2D eigenvalue weighted by Crippen LogP contribution is -1.90. The summed E-state index contributed by atoms with van der Waals surface area (Å²) < 4.78 is 6.65. The molecule has 1 nitrogen and oxygen atoms in total. The molecule has 206 valence electrons. The standard InChI is InChI=1S/C43H28O/c1-4-10-28(11-5-1)31-16-18-32(19-17-31)42-38-26-35-21-20-33(29-12-6-2-7-13-29)24-36(35)37(38)27-41-43(42)39-25-34(22-23-40(39)44-41)30-14-8-3-9-15-30/h1-25,27H,26H2. The van der Waals surface area contributed by atoms with Gasteiger partial charge < -0.3 is 4.42 Å². The van der Waals surface area contributed by atoms with E-state index in [0.29, 0.717) is 0 Å². The molecule has 0 aliphatic heterocycles. The molecule has 7 aromatic carbocycles. The monoisotopic (exact) mass is 560 g/mol. The summed E-state index contributed by atoms with van der Waals surface area (Å²) in [6.07, 6.45) is 0.899. The van der Waals surface area contributed by atoms with Crippen molar-refractivity contribution in [1.29, 1.82) is 0 Å². The molecule has 1 aromatic heterocycles. The molecule has 0 atom stereocenters. The van der Waals surface area contributed by atoms with Crippen LogP contribution in [0.25, 0.3) is 77.6 Å². The van der Waals surface area contributed by atoms with Crippen LogP contribution in [0.4, 0.5) is 0 Å². The van der Waals surface area contributed by atoms with E-state index in [9.17, 15) is 0 Å². The fourth-order valence-corrected chi connectivity index (χ4v) is 6.97. The average Bonchev–Trinajstić information content (AvgIpc) is 3.65. The molecule has 0 amide bonds. The maximum Gasteiger partial charge on any atom is 0.136 e. The maximum absolute atomic E-state index is 6.65. The summed E-state index contributed by atoms with van der Waals surface area (Å²) in [6, 6.07) is 56.8. The number of benzene rings is 7. The molecule has 1 heterocycles. The Morgan fingerprint density at radius 2 is 0.909 bits per heavy atom. The first-order chi connectivity index (χ1) is 21.8. The summed E-state index contributed by atoms with van der Waals surface area (Å²) in [5.41, 5.74) is 17.0. The van der Waals surface area contributed by atoms with Gasteiger partial charge >= 0.3 is 0 Å². The van der Waals surface area contributed by atoms with Gasteiger partial charge in [0.25, 0.3) is 0 Å². The van der Waals surface area contributed by atoms with Gasteiger partial charge in [0, 0.05) is 10.8 Å². The Morgan fingerprint density at radius 3 is 1.57 bits per heavy atom. The zero-order valence-electron chi connectivity index (χ0n) is 24.1. The largest absolute Gasteiger partial charge is 0.456 e. The van der Waals surface area contributed by atoms with Crippen molar-refractivity contribution >= 4 is 21.9 Å². The van der Waals surface area contributed by atoms with Crippen molar-refractivity contribution in [3.8, 4) is 55.6 Å². The summed E-state index contributed by atoms with van der Waals surface area (Å²) in [5, 5.41) is 2.35. The Labute approximate surface area is 256 Å². The van der Waals surface area contributed by atoms with E-state index >= 15 is 0 Å². The molecule has 0 spiro atoms. The molecule has 1 heteroatoms. The molecule has 0 N–H and O–H groups in total. The predicted molar refractivity (Wildman–Crippen MR) is 184 cm³/mol. The highest BCUT2D eigenvalue weighted by atomic mass is 16.3. The smallest absolute Gasteiger partial charge is 0.136 e. The van der Waals surface area contributed by atoms with Crippen LogP contribution in [0.1, 0.15) is 11.1 Å². The highest BCUT2D eigenvalue weighted by Gasteiger charge is 2.27. The fraction of sp³-hybridized carbons (Fsp3) is 0.0233. The van der Waals surface area contributed by atoms with Crippen LogP contribution in [0.2, 0.25) is 0 Å². The molecule has 0 saturated heterocycles. The summed E-state index contributed by atoms with van der Waals surface area (Å²) in [7, 11) is 0. The van der Waals surface area contributed by atoms with E-state index in [4.69, 9.17) is 4.42 Å². The number of fused-ring (bicyclic) bond motifs is 6. The third kappa shape index (κ3) is 4.01. The molecule has 8 aromatic rings. The van der Waals surface area contributed by atoms with E-state index in [2.05, 4.69) is 158 Å². The van der Waals surface area contributed by atoms with Gasteiger partial charge in [0.2, 0.25) is 0 Å². The Balaban J connectivity index is 1.29. The minimum Gasteiger partial charge on any atom is -0.456 e. The first kappa shape index (κ1) is 24.9. The summed E-state index contributed by atoms with van der Waals surface area (Å²) in [5.74, 6) is 0. The molecule has 0 fully saturated rings. The molecule has 9 rings (SSSR count). The van der Waals surface area contributed by atoms with Crippen molar-refractivity contribution in [2.75, 3.05) is 0 Å². The number of rotatable bonds is 4. The second-order valence-corrected chi connectivity index (χ2v) is 11.7. The molecule has 0 unspecified atom stereocenters. The minimum absolute atomic E-state index is 0.899. The second-order valence-electron chi connectivity index (χ2n) is 11.7. The molecule has 0 saturated carbocycles. The van der Waals surface area contributed by atoms with Crippen LogP contribution in [0.5, 0.6) is 0 Å². The molecule has 1 aliphatic carbocycles. The molecule has 0 radical (unpaired) electrons. The van der Waals surface area contributed by atoms with Crippen LogP contribution in [-0.4, -0.2) is 0 Å². The lowest BCUT2D eigenvalue weighted by Gasteiger charge is -2.13. The van der Waals surface area contributed by atoms with Crippen molar-refractivity contribution < 1.29 is 4.42 Å². The molecule has 0 bridgehead atoms. The zero-order valence-corrected chi connectivity index (χ0v) is 24.1. The Morgan fingerprint density at radius 1 is 0.386 bits per heavy atom. The summed E-state index contributed by atoms with van der Waals surface area (Å²) in [4.78, 5) is 0. The van der Waals surface area contributed by atoms with Gasteiger partial charge in [-0.1, -0.05) is 133 Å². The highest BCUT2D eigenvalue weighted by molar-refractivity contribution is 6.16. The average molecular weight is 561 g/mol.